The van der Waals surface area contributed by atoms with Gasteiger partial charge >= 0.3 is 0 Å². The third kappa shape index (κ3) is 3.28. The fraction of sp³-hybridized carbons (Fsp3) is 0.267. The molecule has 5 heteroatoms. The minimum atomic E-state index is -0.253. The minimum Gasteiger partial charge on any atom is -0.347 e. The standard InChI is InChI=1S/C15H16BrFN2O/c1-3-19-9-12(16)7-14(19)15(20)18-8-11-5-4-10(2)13(17)6-11/h4-7,9H,3,8H2,1-2H3,(H,18,20). The summed E-state index contributed by atoms with van der Waals surface area (Å²) in [6.07, 6.45) is 1.86. The zero-order valence-corrected chi connectivity index (χ0v) is 13.0. The molecule has 0 spiro atoms. The Morgan fingerprint density at radius 2 is 2.15 bits per heavy atom. The number of aryl methyl sites for hydroxylation is 2. The van der Waals surface area contributed by atoms with Crippen LogP contribution in [0.25, 0.3) is 0 Å². The molecule has 0 bridgehead atoms. The van der Waals surface area contributed by atoms with Crippen LogP contribution in [-0.2, 0) is 13.1 Å². The maximum absolute atomic E-state index is 13.4. The summed E-state index contributed by atoms with van der Waals surface area (Å²) >= 11 is 3.36. The zero-order chi connectivity index (χ0) is 14.7. The maximum Gasteiger partial charge on any atom is 0.268 e. The van der Waals surface area contributed by atoms with E-state index >= 15 is 0 Å². The monoisotopic (exact) mass is 338 g/mol. The van der Waals surface area contributed by atoms with Crippen molar-refractivity contribution in [2.24, 2.45) is 0 Å². The second-order valence-corrected chi connectivity index (χ2v) is 5.51. The van der Waals surface area contributed by atoms with Crippen molar-refractivity contribution >= 4 is 21.8 Å². The number of carbonyl (C=O) groups excluding carboxylic acids is 1. The van der Waals surface area contributed by atoms with Crippen LogP contribution in [0.2, 0.25) is 0 Å². The molecule has 0 unspecified atom stereocenters. The second kappa shape index (κ2) is 6.22. The van der Waals surface area contributed by atoms with Gasteiger partial charge in [-0.15, -0.1) is 0 Å². The Morgan fingerprint density at radius 3 is 2.80 bits per heavy atom. The van der Waals surface area contributed by atoms with E-state index in [-0.39, 0.29) is 11.7 Å². The summed E-state index contributed by atoms with van der Waals surface area (Å²) in [5.41, 5.74) is 1.94. The van der Waals surface area contributed by atoms with Crippen molar-refractivity contribution in [2.75, 3.05) is 0 Å². The van der Waals surface area contributed by atoms with E-state index in [1.807, 2.05) is 23.8 Å². The Labute approximate surface area is 125 Å². The van der Waals surface area contributed by atoms with Crippen LogP contribution >= 0.6 is 15.9 Å². The highest BCUT2D eigenvalue weighted by molar-refractivity contribution is 9.10. The molecule has 0 atom stereocenters. The first kappa shape index (κ1) is 14.8. The number of aromatic nitrogens is 1. The molecule has 20 heavy (non-hydrogen) atoms. The first-order valence-corrected chi connectivity index (χ1v) is 7.19. The first-order chi connectivity index (χ1) is 9.51. The summed E-state index contributed by atoms with van der Waals surface area (Å²) in [6.45, 7) is 4.71. The summed E-state index contributed by atoms with van der Waals surface area (Å²) in [5, 5.41) is 2.80. The molecule has 0 saturated heterocycles. The van der Waals surface area contributed by atoms with Crippen LogP contribution in [0.5, 0.6) is 0 Å². The Kier molecular flexibility index (Phi) is 4.60. The quantitative estimate of drug-likeness (QED) is 0.907. The van der Waals surface area contributed by atoms with E-state index in [4.69, 9.17) is 0 Å². The van der Waals surface area contributed by atoms with Gasteiger partial charge in [0.15, 0.2) is 0 Å². The highest BCUT2D eigenvalue weighted by Crippen LogP contribution is 2.15. The van der Waals surface area contributed by atoms with Gasteiger partial charge < -0.3 is 9.88 Å². The highest BCUT2D eigenvalue weighted by Gasteiger charge is 2.12. The highest BCUT2D eigenvalue weighted by atomic mass is 79.9. The average Bonchev–Trinajstić information content (AvgIpc) is 2.81. The van der Waals surface area contributed by atoms with Crippen molar-refractivity contribution in [1.82, 2.24) is 9.88 Å². The Bertz CT molecular complexity index is 637. The number of nitrogens with zero attached hydrogens (tertiary/aromatic N) is 1. The summed E-state index contributed by atoms with van der Waals surface area (Å²) in [4.78, 5) is 12.1. The van der Waals surface area contributed by atoms with Gasteiger partial charge in [-0.25, -0.2) is 4.39 Å². The fourth-order valence-corrected chi connectivity index (χ4v) is 2.41. The van der Waals surface area contributed by atoms with Crippen molar-refractivity contribution in [2.45, 2.75) is 26.9 Å². The molecule has 1 amide bonds. The SMILES string of the molecule is CCn1cc(Br)cc1C(=O)NCc1ccc(C)c(F)c1. The third-order valence-electron chi connectivity index (χ3n) is 3.13. The molecular weight excluding hydrogens is 323 g/mol. The van der Waals surface area contributed by atoms with Crippen LogP contribution in [-0.4, -0.2) is 10.5 Å². The number of carbonyl (C=O) groups is 1. The number of benzene rings is 1. The maximum atomic E-state index is 13.4. The number of hydrogen-bond acceptors (Lipinski definition) is 1. The van der Waals surface area contributed by atoms with E-state index in [2.05, 4.69) is 21.2 Å². The molecule has 2 rings (SSSR count). The van der Waals surface area contributed by atoms with Crippen molar-refractivity contribution in [3.8, 4) is 0 Å². The molecule has 0 fully saturated rings. The lowest BCUT2D eigenvalue weighted by Gasteiger charge is -2.08. The molecule has 1 heterocycles. The van der Waals surface area contributed by atoms with E-state index in [1.54, 1.807) is 19.1 Å². The Morgan fingerprint density at radius 1 is 1.40 bits per heavy atom. The van der Waals surface area contributed by atoms with Gasteiger partial charge in [-0.05, 0) is 53.0 Å². The smallest absolute Gasteiger partial charge is 0.268 e. The van der Waals surface area contributed by atoms with Crippen LogP contribution in [0.1, 0.15) is 28.5 Å². The minimum absolute atomic E-state index is 0.168. The van der Waals surface area contributed by atoms with Gasteiger partial charge in [0.05, 0.1) is 0 Å². The summed E-state index contributed by atoms with van der Waals surface area (Å²) in [5.74, 6) is -0.421. The molecule has 1 aromatic heterocycles. The number of halogens is 2. The van der Waals surface area contributed by atoms with Crippen molar-refractivity contribution in [3.63, 3.8) is 0 Å². The molecule has 2 aromatic rings. The van der Waals surface area contributed by atoms with Crippen LogP contribution in [0, 0.1) is 12.7 Å². The molecule has 0 saturated carbocycles. The van der Waals surface area contributed by atoms with Crippen LogP contribution in [0.15, 0.2) is 34.9 Å². The van der Waals surface area contributed by atoms with Gasteiger partial charge in [0.2, 0.25) is 0 Å². The molecule has 0 aliphatic heterocycles. The lowest BCUT2D eigenvalue weighted by atomic mass is 10.1. The molecule has 106 valence electrons. The van der Waals surface area contributed by atoms with Gasteiger partial charge in [0.25, 0.3) is 5.91 Å². The van der Waals surface area contributed by atoms with E-state index < -0.39 is 0 Å². The largest absolute Gasteiger partial charge is 0.347 e. The summed E-state index contributed by atoms with van der Waals surface area (Å²) < 4.78 is 16.1. The molecule has 0 radical (unpaired) electrons. The third-order valence-corrected chi connectivity index (χ3v) is 3.56. The molecule has 1 aromatic carbocycles. The van der Waals surface area contributed by atoms with Crippen molar-refractivity contribution in [3.05, 3.63) is 57.6 Å². The number of hydrogen-bond donors (Lipinski definition) is 1. The number of rotatable bonds is 4. The van der Waals surface area contributed by atoms with E-state index in [1.165, 1.54) is 6.07 Å². The number of nitrogens with one attached hydrogen (secondary N) is 1. The van der Waals surface area contributed by atoms with Crippen molar-refractivity contribution in [1.29, 1.82) is 0 Å². The Balaban J connectivity index is 2.06. The van der Waals surface area contributed by atoms with Crippen LogP contribution < -0.4 is 5.32 Å². The lowest BCUT2D eigenvalue weighted by molar-refractivity contribution is 0.0941. The summed E-state index contributed by atoms with van der Waals surface area (Å²) in [6, 6.07) is 6.74. The summed E-state index contributed by atoms with van der Waals surface area (Å²) in [7, 11) is 0. The average molecular weight is 339 g/mol. The van der Waals surface area contributed by atoms with E-state index in [0.717, 1.165) is 10.0 Å². The zero-order valence-electron chi connectivity index (χ0n) is 11.4. The van der Waals surface area contributed by atoms with E-state index in [0.29, 0.717) is 24.3 Å². The Hall–Kier alpha value is -1.62. The first-order valence-electron chi connectivity index (χ1n) is 6.40. The molecule has 3 nitrogen and oxygen atoms in total. The lowest BCUT2D eigenvalue weighted by Crippen LogP contribution is -2.25. The fourth-order valence-electron chi connectivity index (χ4n) is 1.95. The predicted molar refractivity (Wildman–Crippen MR) is 80.1 cm³/mol. The van der Waals surface area contributed by atoms with Gasteiger partial charge in [0.1, 0.15) is 11.5 Å². The molecule has 0 aliphatic carbocycles. The van der Waals surface area contributed by atoms with Gasteiger partial charge in [-0.2, -0.15) is 0 Å². The van der Waals surface area contributed by atoms with E-state index in [9.17, 15) is 9.18 Å². The molecular formula is C15H16BrFN2O. The topological polar surface area (TPSA) is 34.0 Å². The second-order valence-electron chi connectivity index (χ2n) is 4.60. The molecule has 1 N–H and O–H groups in total. The van der Waals surface area contributed by atoms with Gasteiger partial charge in [-0.3, -0.25) is 4.79 Å². The van der Waals surface area contributed by atoms with Crippen molar-refractivity contribution < 1.29 is 9.18 Å². The van der Waals surface area contributed by atoms with Crippen LogP contribution in [0.3, 0.4) is 0 Å². The normalized spacial score (nSPS) is 10.6. The van der Waals surface area contributed by atoms with Crippen LogP contribution in [0.4, 0.5) is 4.39 Å². The van der Waals surface area contributed by atoms with Gasteiger partial charge in [-0.1, -0.05) is 12.1 Å². The molecule has 0 aliphatic rings. The predicted octanol–water partition coefficient (Wildman–Crippen LogP) is 3.65. The number of amides is 1. The van der Waals surface area contributed by atoms with Gasteiger partial charge in [0, 0.05) is 23.8 Å².